The molecule has 1 rings (SSSR count). The van der Waals surface area contributed by atoms with Crippen molar-refractivity contribution in [2.75, 3.05) is 0 Å². The smallest absolute Gasteiger partial charge is 0.404 e. The largest absolute Gasteiger partial charge is 0.524 e. The van der Waals surface area contributed by atoms with Gasteiger partial charge in [-0.25, -0.2) is 4.57 Å². The minimum absolute atomic E-state index is 0.192. The number of phosphoric ester groups is 1. The van der Waals surface area contributed by atoms with Crippen LogP contribution in [0.25, 0.3) is 0 Å². The van der Waals surface area contributed by atoms with E-state index in [-0.39, 0.29) is 5.75 Å². The van der Waals surface area contributed by atoms with E-state index in [1.165, 1.54) is 6.07 Å². The Kier molecular flexibility index (Phi) is 4.70. The van der Waals surface area contributed by atoms with E-state index in [0.29, 0.717) is 12.8 Å². The van der Waals surface area contributed by atoms with Crippen LogP contribution in [0, 0.1) is 0 Å². The first-order valence-electron chi connectivity index (χ1n) is 5.05. The van der Waals surface area contributed by atoms with Crippen molar-refractivity contribution in [2.24, 2.45) is 0 Å². The molecular weight excluding hydrogens is 239 g/mol. The van der Waals surface area contributed by atoms with Gasteiger partial charge in [0.2, 0.25) is 0 Å². The predicted octanol–water partition coefficient (Wildman–Crippen LogP) is 2.62. The van der Waals surface area contributed by atoms with Gasteiger partial charge in [0.05, 0.1) is 0 Å². The normalized spacial score (nSPS) is 10.9. The van der Waals surface area contributed by atoms with Crippen LogP contribution in [0.15, 0.2) is 43.5 Å². The van der Waals surface area contributed by atoms with E-state index in [9.17, 15) is 4.57 Å². The van der Waals surface area contributed by atoms with E-state index < -0.39 is 7.82 Å². The first-order valence-corrected chi connectivity index (χ1v) is 6.58. The van der Waals surface area contributed by atoms with Crippen LogP contribution in [0.2, 0.25) is 0 Å². The van der Waals surface area contributed by atoms with Crippen molar-refractivity contribution in [3.05, 3.63) is 54.6 Å². The van der Waals surface area contributed by atoms with Gasteiger partial charge >= 0.3 is 7.82 Å². The zero-order chi connectivity index (χ0) is 12.9. The molecule has 0 aliphatic heterocycles. The van der Waals surface area contributed by atoms with Crippen LogP contribution in [0.5, 0.6) is 5.75 Å². The van der Waals surface area contributed by atoms with Crippen molar-refractivity contribution in [1.29, 1.82) is 0 Å². The fraction of sp³-hybridized carbons (Fsp3) is 0.167. The molecule has 0 aliphatic carbocycles. The maximum Gasteiger partial charge on any atom is 0.524 e. The van der Waals surface area contributed by atoms with Crippen LogP contribution < -0.4 is 4.52 Å². The standard InChI is InChI=1S/C12H15O4P/c1-3-6-10-8-5-9-12(11(10)7-4-2)16-17(13,14)15/h3-5,8-9H,1-2,6-7H2,(H2,13,14,15). The molecule has 0 spiro atoms. The Morgan fingerprint density at radius 1 is 1.24 bits per heavy atom. The second-order valence-corrected chi connectivity index (χ2v) is 4.63. The molecule has 92 valence electrons. The number of hydrogen-bond donors (Lipinski definition) is 2. The Labute approximate surface area is 100 Å². The van der Waals surface area contributed by atoms with Gasteiger partial charge in [-0.1, -0.05) is 24.3 Å². The lowest BCUT2D eigenvalue weighted by atomic mass is 10.0. The summed E-state index contributed by atoms with van der Waals surface area (Å²) < 4.78 is 15.5. The molecule has 17 heavy (non-hydrogen) atoms. The van der Waals surface area contributed by atoms with Gasteiger partial charge in [-0.2, -0.15) is 0 Å². The lowest BCUT2D eigenvalue weighted by molar-refractivity contribution is 0.282. The highest BCUT2D eigenvalue weighted by Gasteiger charge is 2.19. The SMILES string of the molecule is C=CCc1cccc(OP(=O)(O)O)c1CC=C. The molecule has 2 N–H and O–H groups in total. The summed E-state index contributed by atoms with van der Waals surface area (Å²) in [4.78, 5) is 17.7. The molecule has 0 saturated carbocycles. The average molecular weight is 254 g/mol. The van der Waals surface area contributed by atoms with Gasteiger partial charge in [0.15, 0.2) is 0 Å². The van der Waals surface area contributed by atoms with Crippen LogP contribution in [0.3, 0.4) is 0 Å². The number of rotatable bonds is 6. The van der Waals surface area contributed by atoms with Gasteiger partial charge in [0.1, 0.15) is 5.75 Å². The Morgan fingerprint density at radius 3 is 2.41 bits per heavy atom. The summed E-state index contributed by atoms with van der Waals surface area (Å²) in [5, 5.41) is 0. The molecule has 0 aromatic heterocycles. The summed E-state index contributed by atoms with van der Waals surface area (Å²) in [5.41, 5.74) is 1.65. The molecule has 0 radical (unpaired) electrons. The Balaban J connectivity index is 3.18. The van der Waals surface area contributed by atoms with Crippen molar-refractivity contribution in [3.8, 4) is 5.75 Å². The molecule has 1 aromatic rings. The molecule has 0 fully saturated rings. The number of allylic oxidation sites excluding steroid dienone is 2. The lowest BCUT2D eigenvalue weighted by Gasteiger charge is -2.14. The topological polar surface area (TPSA) is 66.8 Å². The van der Waals surface area contributed by atoms with E-state index in [4.69, 9.17) is 9.79 Å². The second-order valence-electron chi connectivity index (χ2n) is 3.46. The number of benzene rings is 1. The number of phosphoric acid groups is 1. The van der Waals surface area contributed by atoms with E-state index in [1.807, 2.05) is 6.07 Å². The summed E-state index contributed by atoms with van der Waals surface area (Å²) in [5.74, 6) is 0.192. The van der Waals surface area contributed by atoms with Gasteiger partial charge in [-0.15, -0.1) is 13.2 Å². The minimum atomic E-state index is -4.54. The summed E-state index contributed by atoms with van der Waals surface area (Å²) in [6.45, 7) is 7.26. The summed E-state index contributed by atoms with van der Waals surface area (Å²) in [7, 11) is -4.54. The van der Waals surface area contributed by atoms with Crippen molar-refractivity contribution in [3.63, 3.8) is 0 Å². The first-order chi connectivity index (χ1) is 7.98. The Bertz CT molecular complexity index is 462. The minimum Gasteiger partial charge on any atom is -0.404 e. The van der Waals surface area contributed by atoms with E-state index in [0.717, 1.165) is 11.1 Å². The van der Waals surface area contributed by atoms with Crippen molar-refractivity contribution in [1.82, 2.24) is 0 Å². The van der Waals surface area contributed by atoms with Gasteiger partial charge in [-0.3, -0.25) is 9.79 Å². The molecular formula is C12H15O4P. The molecule has 4 nitrogen and oxygen atoms in total. The lowest BCUT2D eigenvalue weighted by Crippen LogP contribution is -1.98. The quantitative estimate of drug-likeness (QED) is 0.605. The van der Waals surface area contributed by atoms with Gasteiger partial charge in [0, 0.05) is 5.56 Å². The van der Waals surface area contributed by atoms with Crippen LogP contribution >= 0.6 is 7.82 Å². The predicted molar refractivity (Wildman–Crippen MR) is 66.9 cm³/mol. The summed E-state index contributed by atoms with van der Waals surface area (Å²) in [6.07, 6.45) is 4.48. The zero-order valence-electron chi connectivity index (χ0n) is 9.37. The van der Waals surface area contributed by atoms with Crippen LogP contribution in [0.1, 0.15) is 11.1 Å². The van der Waals surface area contributed by atoms with Gasteiger partial charge in [-0.05, 0) is 24.5 Å². The van der Waals surface area contributed by atoms with Crippen LogP contribution in [-0.2, 0) is 17.4 Å². The highest BCUT2D eigenvalue weighted by atomic mass is 31.2. The molecule has 5 heteroatoms. The van der Waals surface area contributed by atoms with E-state index in [2.05, 4.69) is 17.7 Å². The third kappa shape index (κ3) is 4.19. The third-order valence-corrected chi connectivity index (χ3v) is 2.59. The van der Waals surface area contributed by atoms with Crippen LogP contribution in [-0.4, -0.2) is 9.79 Å². The molecule has 0 unspecified atom stereocenters. The highest BCUT2D eigenvalue weighted by Crippen LogP contribution is 2.40. The van der Waals surface area contributed by atoms with E-state index in [1.54, 1.807) is 18.2 Å². The molecule has 0 saturated heterocycles. The van der Waals surface area contributed by atoms with Crippen molar-refractivity contribution in [2.45, 2.75) is 12.8 Å². The van der Waals surface area contributed by atoms with E-state index >= 15 is 0 Å². The summed E-state index contributed by atoms with van der Waals surface area (Å²) in [6, 6.07) is 5.09. The Hall–Kier alpha value is -1.35. The van der Waals surface area contributed by atoms with Crippen LogP contribution in [0.4, 0.5) is 0 Å². The fourth-order valence-corrected chi connectivity index (χ4v) is 1.97. The average Bonchev–Trinajstić information content (AvgIpc) is 2.21. The molecule has 0 atom stereocenters. The Morgan fingerprint density at radius 2 is 1.88 bits per heavy atom. The molecule has 0 heterocycles. The van der Waals surface area contributed by atoms with Crippen molar-refractivity contribution < 1.29 is 18.9 Å². The maximum atomic E-state index is 10.9. The first kappa shape index (κ1) is 13.7. The second kappa shape index (κ2) is 5.82. The highest BCUT2D eigenvalue weighted by molar-refractivity contribution is 7.46. The zero-order valence-corrected chi connectivity index (χ0v) is 10.3. The molecule has 0 amide bonds. The third-order valence-electron chi connectivity index (χ3n) is 2.16. The monoisotopic (exact) mass is 254 g/mol. The maximum absolute atomic E-state index is 10.9. The van der Waals surface area contributed by atoms with Gasteiger partial charge in [0.25, 0.3) is 0 Å². The summed E-state index contributed by atoms with van der Waals surface area (Å²) >= 11 is 0. The molecule has 0 bridgehead atoms. The van der Waals surface area contributed by atoms with Crippen molar-refractivity contribution >= 4 is 7.82 Å². The molecule has 0 aliphatic rings. The molecule has 1 aromatic carbocycles. The fourth-order valence-electron chi connectivity index (χ4n) is 1.55. The van der Waals surface area contributed by atoms with Gasteiger partial charge < -0.3 is 4.52 Å². The number of hydrogen-bond acceptors (Lipinski definition) is 2.